The monoisotopic (exact) mass is 458 g/mol. The van der Waals surface area contributed by atoms with E-state index in [2.05, 4.69) is 10.0 Å². The fraction of sp³-hybridized carbons (Fsp3) is 0.167. The summed E-state index contributed by atoms with van der Waals surface area (Å²) in [4.78, 5) is 34.1. The third kappa shape index (κ3) is 7.29. The Morgan fingerprint density at radius 1 is 0.903 bits per heavy atom. The lowest BCUT2D eigenvalue weighted by atomic mass is 10.2. The highest BCUT2D eigenvalue weighted by Gasteiger charge is 2.28. The predicted molar refractivity (Wildman–Crippen MR) is 104 cm³/mol. The minimum Gasteiger partial charge on any atom is -0.368 e. The molecule has 13 heteroatoms. The molecular formula is C18H17F3N4O5S. The van der Waals surface area contributed by atoms with Crippen molar-refractivity contribution in [1.29, 1.82) is 0 Å². The molecule has 0 radical (unpaired) electrons. The van der Waals surface area contributed by atoms with Gasteiger partial charge in [-0.1, -0.05) is 6.07 Å². The van der Waals surface area contributed by atoms with Gasteiger partial charge < -0.3 is 16.4 Å². The Hall–Kier alpha value is -3.61. The first-order valence-electron chi connectivity index (χ1n) is 8.52. The van der Waals surface area contributed by atoms with Crippen molar-refractivity contribution in [1.82, 2.24) is 10.6 Å². The summed E-state index contributed by atoms with van der Waals surface area (Å²) in [5.74, 6) is -2.40. The van der Waals surface area contributed by atoms with Crippen LogP contribution < -0.4 is 21.1 Å². The first kappa shape index (κ1) is 23.7. The molecule has 9 nitrogen and oxygen atoms in total. The van der Waals surface area contributed by atoms with Crippen molar-refractivity contribution < 1.29 is 36.0 Å². The van der Waals surface area contributed by atoms with E-state index >= 15 is 0 Å². The topological polar surface area (TPSA) is 147 Å². The van der Waals surface area contributed by atoms with E-state index in [9.17, 15) is 36.0 Å². The predicted octanol–water partition coefficient (Wildman–Crippen LogP) is 0.995. The average molecular weight is 458 g/mol. The molecule has 2 rings (SSSR count). The Morgan fingerprint density at radius 3 is 2.10 bits per heavy atom. The van der Waals surface area contributed by atoms with Crippen LogP contribution in [-0.4, -0.2) is 45.4 Å². The molecule has 2 aromatic rings. The maximum atomic E-state index is 12.5. The van der Waals surface area contributed by atoms with Crippen molar-refractivity contribution in [2.24, 2.45) is 5.73 Å². The summed E-state index contributed by atoms with van der Waals surface area (Å²) >= 11 is 0. The molecule has 0 aliphatic rings. The van der Waals surface area contributed by atoms with Crippen LogP contribution in [-0.2, 0) is 14.8 Å². The van der Waals surface area contributed by atoms with Crippen molar-refractivity contribution in [3.8, 4) is 0 Å². The highest BCUT2D eigenvalue weighted by Crippen LogP contribution is 2.18. The molecule has 0 aromatic heterocycles. The van der Waals surface area contributed by atoms with E-state index < -0.39 is 47.0 Å². The van der Waals surface area contributed by atoms with Gasteiger partial charge in [0.25, 0.3) is 21.8 Å². The molecule has 2 aromatic carbocycles. The number of carbonyl (C=O) groups excluding carboxylic acids is 3. The second-order valence-corrected chi connectivity index (χ2v) is 7.84. The van der Waals surface area contributed by atoms with Gasteiger partial charge in [-0.3, -0.25) is 19.1 Å². The number of benzene rings is 2. The van der Waals surface area contributed by atoms with Gasteiger partial charge in [0, 0.05) is 16.8 Å². The van der Waals surface area contributed by atoms with E-state index in [-0.39, 0.29) is 21.7 Å². The van der Waals surface area contributed by atoms with Crippen LogP contribution in [0, 0.1) is 0 Å². The van der Waals surface area contributed by atoms with Crippen molar-refractivity contribution in [3.63, 3.8) is 0 Å². The van der Waals surface area contributed by atoms with Gasteiger partial charge in [0.2, 0.25) is 5.91 Å². The van der Waals surface area contributed by atoms with Crippen molar-refractivity contribution in [2.75, 3.05) is 17.8 Å². The summed E-state index contributed by atoms with van der Waals surface area (Å²) in [6, 6.07) is 9.63. The van der Waals surface area contributed by atoms with Gasteiger partial charge in [0.05, 0.1) is 11.4 Å². The van der Waals surface area contributed by atoms with Gasteiger partial charge in [-0.15, -0.1) is 0 Å². The summed E-state index contributed by atoms with van der Waals surface area (Å²) in [6.07, 6.45) is -4.58. The Labute approximate surface area is 174 Å². The molecule has 0 spiro atoms. The second kappa shape index (κ2) is 9.47. The van der Waals surface area contributed by atoms with Gasteiger partial charge in [-0.05, 0) is 42.5 Å². The van der Waals surface area contributed by atoms with Gasteiger partial charge in [0.15, 0.2) is 0 Å². The highest BCUT2D eigenvalue weighted by atomic mass is 32.2. The standard InChI is InChI=1S/C18H17F3N4O5S/c19-18(20,21)10-24-16(27)11-4-6-14(7-5-11)31(29,30)25-13-3-1-2-12(8-13)17(28)23-9-15(22)26/h1-8,25H,9-10H2,(H2,22,26)(H,23,28)(H,24,27). The number of amides is 3. The van der Waals surface area contributed by atoms with Crippen molar-refractivity contribution in [3.05, 3.63) is 59.7 Å². The van der Waals surface area contributed by atoms with E-state index in [1.807, 2.05) is 0 Å². The molecule has 0 aliphatic carbocycles. The van der Waals surface area contributed by atoms with Gasteiger partial charge >= 0.3 is 6.18 Å². The van der Waals surface area contributed by atoms with E-state index in [1.165, 1.54) is 24.3 Å². The second-order valence-electron chi connectivity index (χ2n) is 6.16. The zero-order valence-electron chi connectivity index (χ0n) is 15.7. The number of hydrogen-bond donors (Lipinski definition) is 4. The molecule has 0 unspecified atom stereocenters. The van der Waals surface area contributed by atoms with Crippen molar-refractivity contribution in [2.45, 2.75) is 11.1 Å². The van der Waals surface area contributed by atoms with Crippen LogP contribution in [0.25, 0.3) is 0 Å². The molecule has 5 N–H and O–H groups in total. The maximum absolute atomic E-state index is 12.5. The summed E-state index contributed by atoms with van der Waals surface area (Å²) in [5, 5.41) is 3.93. The maximum Gasteiger partial charge on any atom is 0.405 e. The van der Waals surface area contributed by atoms with Gasteiger partial charge in [-0.2, -0.15) is 13.2 Å². The average Bonchev–Trinajstić information content (AvgIpc) is 2.69. The molecule has 31 heavy (non-hydrogen) atoms. The number of sulfonamides is 1. The highest BCUT2D eigenvalue weighted by molar-refractivity contribution is 7.92. The zero-order chi connectivity index (χ0) is 23.2. The molecule has 0 fully saturated rings. The quantitative estimate of drug-likeness (QED) is 0.466. The third-order valence-electron chi connectivity index (χ3n) is 3.68. The van der Waals surface area contributed by atoms with Crippen LogP contribution in [0.1, 0.15) is 20.7 Å². The number of halogens is 3. The number of rotatable bonds is 8. The minimum absolute atomic E-state index is 0.0405. The lowest BCUT2D eigenvalue weighted by Gasteiger charge is -2.11. The summed E-state index contributed by atoms with van der Waals surface area (Å²) < 4.78 is 63.8. The third-order valence-corrected chi connectivity index (χ3v) is 5.07. The summed E-state index contributed by atoms with van der Waals surface area (Å²) in [7, 11) is -4.13. The Bertz CT molecular complexity index is 1090. The van der Waals surface area contributed by atoms with Gasteiger partial charge in [0.1, 0.15) is 6.54 Å². The van der Waals surface area contributed by atoms with Crippen LogP contribution in [0.15, 0.2) is 53.4 Å². The Balaban J connectivity index is 2.10. The lowest BCUT2D eigenvalue weighted by Crippen LogP contribution is -2.33. The fourth-order valence-electron chi connectivity index (χ4n) is 2.28. The molecule has 3 amide bonds. The molecule has 0 aliphatic heterocycles. The zero-order valence-corrected chi connectivity index (χ0v) is 16.5. The van der Waals surface area contributed by atoms with Crippen LogP contribution >= 0.6 is 0 Å². The number of primary amides is 1. The van der Waals surface area contributed by atoms with Crippen LogP contribution in [0.4, 0.5) is 18.9 Å². The normalized spacial score (nSPS) is 11.5. The largest absolute Gasteiger partial charge is 0.405 e. The number of anilines is 1. The molecular weight excluding hydrogens is 441 g/mol. The van der Waals surface area contributed by atoms with E-state index in [0.717, 1.165) is 24.3 Å². The van der Waals surface area contributed by atoms with Gasteiger partial charge in [-0.25, -0.2) is 8.42 Å². The Morgan fingerprint density at radius 2 is 1.52 bits per heavy atom. The molecule has 0 bridgehead atoms. The number of carbonyl (C=O) groups is 3. The number of nitrogens with two attached hydrogens (primary N) is 1. The minimum atomic E-state index is -4.58. The fourth-order valence-corrected chi connectivity index (χ4v) is 3.32. The van der Waals surface area contributed by atoms with E-state index in [1.54, 1.807) is 5.32 Å². The molecule has 0 saturated heterocycles. The molecule has 0 atom stereocenters. The first-order chi connectivity index (χ1) is 14.4. The van der Waals surface area contributed by atoms with Crippen molar-refractivity contribution >= 4 is 33.4 Å². The SMILES string of the molecule is NC(=O)CNC(=O)c1cccc(NS(=O)(=O)c2ccc(C(=O)NCC(F)(F)F)cc2)c1. The number of nitrogens with one attached hydrogen (secondary N) is 3. The summed E-state index contributed by atoms with van der Waals surface area (Å²) in [6.45, 7) is -1.91. The van der Waals surface area contributed by atoms with Crippen LogP contribution in [0.5, 0.6) is 0 Å². The lowest BCUT2D eigenvalue weighted by molar-refractivity contribution is -0.123. The molecule has 0 saturated carbocycles. The van der Waals surface area contributed by atoms with E-state index in [4.69, 9.17) is 5.73 Å². The van der Waals surface area contributed by atoms with E-state index in [0.29, 0.717) is 0 Å². The number of hydrogen-bond acceptors (Lipinski definition) is 5. The Kier molecular flexibility index (Phi) is 7.23. The molecule has 166 valence electrons. The number of alkyl halides is 3. The first-order valence-corrected chi connectivity index (χ1v) is 10.00. The smallest absolute Gasteiger partial charge is 0.368 e. The molecule has 0 heterocycles. The summed E-state index contributed by atoms with van der Waals surface area (Å²) in [5.41, 5.74) is 4.89. The van der Waals surface area contributed by atoms with Crippen LogP contribution in [0.3, 0.4) is 0 Å². The van der Waals surface area contributed by atoms with Crippen LogP contribution in [0.2, 0.25) is 0 Å².